The Balaban J connectivity index is 0.000000277. The molecule has 17 atom stereocenters. The standard InChI is InChI=1S/4C24H38N2O4/c4*1-14(2)9-17-13-26-8-7-16-10-21(28-5)22(29-6)11-18(16)19(26)12-20(17)30-24(27)23(25)15(3)4/h4*10-11,14-15,17,19-20,23H,7-9,12-13,25H2,1-6H3/t4*17?,19?,20?,23-/m0000/s1/i3D3,4D3,5D3,6D3,12D2,13D2,15D,17D,19D,20D,23D;3D3,4D3,6D3,12D2,13D2,15D,17D,19D,20D,23D;3D3,4D3,5D3,12D2,13D2,15D,17D,19D,20D,23D;3D3,4D3,12D,13D2,15D,17D,19D,20D,23D/t3m;12?,17?,19?,20?,23-. The van der Waals surface area contributed by atoms with Gasteiger partial charge in [0.25, 0.3) is 0 Å². The Morgan fingerprint density at radius 3 is 0.817 bits per heavy atom. The van der Waals surface area contributed by atoms with Gasteiger partial charge < -0.3 is 79.8 Å². The van der Waals surface area contributed by atoms with E-state index in [1.54, 1.807) is 13.8 Å². The van der Waals surface area contributed by atoms with Gasteiger partial charge in [-0.05, 0) is 192 Å². The highest BCUT2D eigenvalue weighted by Crippen LogP contribution is 2.50. The predicted molar refractivity (Wildman–Crippen MR) is 471 cm³/mol. The Morgan fingerprint density at radius 1 is 0.358 bits per heavy atom. The van der Waals surface area contributed by atoms with Gasteiger partial charge in [-0.1, -0.05) is 110 Å². The number of benzene rings is 4. The average molecular weight is 1750 g/mol. The van der Waals surface area contributed by atoms with Crippen LogP contribution in [0.5, 0.6) is 46.0 Å². The van der Waals surface area contributed by atoms with E-state index in [-0.39, 0.29) is 83.2 Å². The highest BCUT2D eigenvalue weighted by molar-refractivity contribution is 5.77. The van der Waals surface area contributed by atoms with E-state index in [9.17, 15) is 45.2 Å². The van der Waals surface area contributed by atoms with Crippen LogP contribution in [0.3, 0.4) is 0 Å². The first-order valence-electron chi connectivity index (χ1n) is 73.1. The van der Waals surface area contributed by atoms with Gasteiger partial charge in [0.1, 0.15) is 48.4 Å². The van der Waals surface area contributed by atoms with Gasteiger partial charge in [-0.25, -0.2) is 0 Å². The number of rotatable bonds is 28. The maximum atomic E-state index is 13.8. The minimum absolute atomic E-state index is 0.0192. The molecule has 0 spiro atoms. The smallest absolute Gasteiger partial charge is 0.323 e. The summed E-state index contributed by atoms with van der Waals surface area (Å²) in [7, 11) is -7.55. The van der Waals surface area contributed by atoms with Crippen molar-refractivity contribution in [1.82, 2.24) is 19.6 Å². The molecule has 12 rings (SSSR count). The largest absolute Gasteiger partial charge is 0.493 e. The molecule has 24 nitrogen and oxygen atoms in total. The lowest BCUT2D eigenvalue weighted by Gasteiger charge is -2.47. The number of esters is 4. The summed E-state index contributed by atoms with van der Waals surface area (Å²) in [5, 5.41) is 0. The fourth-order valence-corrected chi connectivity index (χ4v) is 13.2. The van der Waals surface area contributed by atoms with Crippen molar-refractivity contribution in [3.8, 4) is 46.0 Å². The monoisotopic (exact) mass is 1740 g/mol. The van der Waals surface area contributed by atoms with Crippen molar-refractivity contribution in [2.75, 3.05) is 109 Å². The molecule has 0 radical (unpaired) electrons. The van der Waals surface area contributed by atoms with Crippen LogP contribution in [0.4, 0.5) is 0 Å². The van der Waals surface area contributed by atoms with E-state index in [4.69, 9.17) is 151 Å². The minimum Gasteiger partial charge on any atom is -0.493 e. The van der Waals surface area contributed by atoms with Crippen molar-refractivity contribution >= 4 is 23.9 Å². The molecule has 13 unspecified atom stereocenters. The summed E-state index contributed by atoms with van der Waals surface area (Å²) >= 11 is 0. The van der Waals surface area contributed by atoms with Crippen LogP contribution in [0.1, 0.15) is 327 Å². The lowest BCUT2D eigenvalue weighted by molar-refractivity contribution is -0.161. The number of hydrogen-bond donors (Lipinski definition) is 4. The number of ether oxygens (including phenoxy) is 12. The van der Waals surface area contributed by atoms with Gasteiger partial charge >= 0.3 is 23.9 Å². The van der Waals surface area contributed by atoms with Crippen LogP contribution in [-0.2, 0) is 63.8 Å². The number of fused-ring (bicyclic) bond motifs is 12. The van der Waals surface area contributed by atoms with Gasteiger partial charge in [0.15, 0.2) is 46.0 Å². The summed E-state index contributed by atoms with van der Waals surface area (Å²) in [6.07, 6.45) is -32.2. The van der Waals surface area contributed by atoms with Crippen LogP contribution in [0.2, 0.25) is 0 Å². The third-order valence-corrected chi connectivity index (χ3v) is 18.9. The predicted octanol–water partition coefficient (Wildman–Crippen LogP) is 14.3. The van der Waals surface area contributed by atoms with Crippen molar-refractivity contribution < 1.29 is 173 Å². The van der Waals surface area contributed by atoms with Crippen molar-refractivity contribution in [3.05, 3.63) is 93.0 Å². The van der Waals surface area contributed by atoms with E-state index in [0.29, 0.717) is 26.3 Å². The molecule has 8 aliphatic rings. The zero-order chi connectivity index (χ0) is 150. The molecule has 0 amide bonds. The molecule has 24 heteroatoms. The van der Waals surface area contributed by atoms with E-state index >= 15 is 0 Å². The highest BCUT2D eigenvalue weighted by atomic mass is 16.6. The quantitative estimate of drug-likeness (QED) is 0.0303. The third-order valence-electron chi connectivity index (χ3n) is 18.9. The average Bonchev–Trinajstić information content (AvgIpc) is 0.646. The van der Waals surface area contributed by atoms with E-state index in [0.717, 1.165) is 36.3 Å². The molecule has 8 heterocycles. The topological polar surface area (TPSA) is 296 Å². The number of nitrogens with zero attached hydrogens (tertiary/aromatic N) is 4. The van der Waals surface area contributed by atoms with Crippen molar-refractivity contribution in [3.63, 3.8) is 0 Å². The molecular weight excluding hydrogens is 1520 g/mol. The molecule has 8 aliphatic heterocycles. The van der Waals surface area contributed by atoms with E-state index in [2.05, 4.69) is 0 Å². The second kappa shape index (κ2) is 43.9. The SMILES string of the molecule is [2H]C([2H])([2H])Oc1cc2c(cc1OC([2H])([2H])[2H])C1([2H])N(CC2)C([2H])([2H])C([2H])(CC(C)C)C([2H])(OC(=O)[C@@]([2H])(N)C([2H])(C([2H])([2H])[2H])C([2H])([2H])[2H])C1([2H])[2H].[2H]C([2H])([2H])Oc1cc2c(cc1OC)C1([2H])N(CC2)C([2H])([2H])C([2H])(CC(C)C)C([2H])(OC(=O)[C@@]([2H])(N)C([2H])(C([2H])([2H])[2H])C([2H])([2H])[2H])C1([2H])[2H].[2H]C([2H])([2H])Oc1cc2c(cc1OC)CCN1C([2H])([2H])C([2H])(CC(C)C)C([2H])(OC(=O)[C@@]([2H])(N)C([2H])(C([2H])([2H])[2H])C([2H])([2H])[2H])C([2H])([2H])C21[2H].[2H]C1C2([2H])c3cc(OC)c(OC)cc3CCN2C([2H])([2H])C([2H])(CC(C)C)C1([2H])OC(=O)[C@@]([2H])(N)C([2H])(C([2H])([2H])[2H])C([2H])([2H])[2H]. The van der Waals surface area contributed by atoms with Crippen molar-refractivity contribution in [2.45, 2.75) is 260 Å². The maximum absolute atomic E-state index is 13.8. The molecule has 4 aromatic carbocycles. The van der Waals surface area contributed by atoms with Gasteiger partial charge in [0, 0.05) is 190 Å². The van der Waals surface area contributed by atoms with E-state index in [1.807, 2.05) is 0 Å². The minimum atomic E-state index is -4.20. The zero-order valence-corrected chi connectivity index (χ0v) is 68.1. The number of piperidine rings is 4. The summed E-state index contributed by atoms with van der Waals surface area (Å²) < 4.78 is 655. The molecule has 0 aliphatic carbocycles. The molecule has 4 saturated heterocycles. The van der Waals surface area contributed by atoms with Gasteiger partial charge in [-0.2, -0.15) is 0 Å². The Morgan fingerprint density at radius 2 is 0.575 bits per heavy atom. The summed E-state index contributed by atoms with van der Waals surface area (Å²) in [6.45, 7) is -34.4. The summed E-state index contributed by atoms with van der Waals surface area (Å²) in [4.78, 5) is 57.6. The van der Waals surface area contributed by atoms with Crippen molar-refractivity contribution in [1.29, 1.82) is 0 Å². The Bertz CT molecular complexity index is 7290. The first kappa shape index (κ1) is 38.4. The lowest BCUT2D eigenvalue weighted by Crippen LogP contribution is -2.51. The Labute approximate surface area is 818 Å². The molecule has 0 bridgehead atoms. The molecule has 4 fully saturated rings. The summed E-state index contributed by atoms with van der Waals surface area (Å²) in [5.41, 5.74) is 21.6. The normalized spacial score (nSPS) is 47.2. The number of methoxy groups -OCH3 is 8. The van der Waals surface area contributed by atoms with Crippen LogP contribution in [0, 0.1) is 70.8 Å². The number of carbonyl (C=O) groups is 4. The van der Waals surface area contributed by atoms with Crippen molar-refractivity contribution in [2.24, 2.45) is 93.8 Å². The second-order valence-electron chi connectivity index (χ2n) is 29.4. The van der Waals surface area contributed by atoms with Crippen LogP contribution >= 0.6 is 0 Å². The molecule has 672 valence electrons. The third kappa shape index (κ3) is 23.8. The van der Waals surface area contributed by atoms with Crippen LogP contribution in [-0.4, -0.2) is 201 Å². The number of carbonyl (C=O) groups excluding carboxylic acids is 4. The first-order chi connectivity index (χ1) is 84.3. The first-order valence-corrected chi connectivity index (χ1v) is 37.5. The van der Waals surface area contributed by atoms with Gasteiger partial charge in [0.2, 0.25) is 0 Å². The molecule has 8 N–H and O–H groups in total. The number of nitrogens with two attached hydrogens (primary N) is 4. The highest BCUT2D eigenvalue weighted by Gasteiger charge is 2.47. The summed E-state index contributed by atoms with van der Waals surface area (Å²) in [6, 6.07) is -19.8. The molecule has 0 saturated carbocycles. The van der Waals surface area contributed by atoms with Gasteiger partial charge in [-0.3, -0.25) is 38.8 Å². The van der Waals surface area contributed by atoms with Crippen LogP contribution < -0.4 is 60.8 Å². The Kier molecular flexibility index (Phi) is 14.0. The molecule has 0 aromatic heterocycles. The maximum Gasteiger partial charge on any atom is 0.323 e. The zero-order valence-electron chi connectivity index (χ0n) is 139. The van der Waals surface area contributed by atoms with E-state index in [1.165, 1.54) is 81.1 Å². The fraction of sp³-hybridized carbons (Fsp3) is 0.708. The molecular formula is C96H152N8O16. The van der Waals surface area contributed by atoms with Gasteiger partial charge in [-0.15, -0.1) is 0 Å². The summed E-state index contributed by atoms with van der Waals surface area (Å²) in [5.74, 6) is -44.1. The number of hydrogen-bond acceptors (Lipinski definition) is 24. The molecule has 4 aromatic rings. The van der Waals surface area contributed by atoms with Gasteiger partial charge in [0.05, 0.1) is 89.5 Å². The van der Waals surface area contributed by atoms with E-state index < -0.39 is 381 Å². The Hall–Kier alpha value is -7.16. The van der Waals surface area contributed by atoms with Crippen LogP contribution in [0.15, 0.2) is 48.5 Å². The molecule has 120 heavy (non-hydrogen) atoms. The van der Waals surface area contributed by atoms with Crippen LogP contribution in [0.25, 0.3) is 0 Å². The fourth-order valence-electron chi connectivity index (χ4n) is 13.2. The second-order valence-corrected chi connectivity index (χ2v) is 29.4. The lowest BCUT2D eigenvalue weighted by atomic mass is 9.79.